The van der Waals surface area contributed by atoms with Crippen molar-refractivity contribution in [1.29, 1.82) is 0 Å². The summed E-state index contributed by atoms with van der Waals surface area (Å²) >= 11 is 0. The number of carbonyl (C=O) groups is 3. The lowest BCUT2D eigenvalue weighted by molar-refractivity contribution is -0.132. The van der Waals surface area contributed by atoms with Crippen molar-refractivity contribution in [1.82, 2.24) is 26.2 Å². The van der Waals surface area contributed by atoms with Crippen LogP contribution in [-0.4, -0.2) is 78.3 Å². The van der Waals surface area contributed by atoms with Gasteiger partial charge < -0.3 is 31.3 Å². The van der Waals surface area contributed by atoms with Gasteiger partial charge >= 0.3 is 6.03 Å². The van der Waals surface area contributed by atoms with Gasteiger partial charge in [0.25, 0.3) is 0 Å². The van der Waals surface area contributed by atoms with E-state index in [1.54, 1.807) is 11.9 Å². The van der Waals surface area contributed by atoms with E-state index >= 15 is 0 Å². The molecule has 0 spiro atoms. The molecule has 216 valence electrons. The zero-order chi connectivity index (χ0) is 29.1. The lowest BCUT2D eigenvalue weighted by atomic mass is 9.85. The fourth-order valence-corrected chi connectivity index (χ4v) is 3.91. The SMILES string of the molecule is CNCC(=O)NC(C(=O)N[C@@H](Cc1ccccc1)[C@H](O)CN(CCC(C)C)C(=O)NC(C)(C)C)C(C)(C)C. The molecule has 0 radical (unpaired) electrons. The number of urea groups is 1. The monoisotopic (exact) mass is 533 g/mol. The number of aliphatic hydroxyl groups is 1. The van der Waals surface area contributed by atoms with E-state index in [0.717, 1.165) is 12.0 Å². The first-order valence-corrected chi connectivity index (χ1v) is 13.6. The predicted molar refractivity (Wildman–Crippen MR) is 153 cm³/mol. The van der Waals surface area contributed by atoms with Crippen LogP contribution in [0, 0.1) is 11.3 Å². The molecule has 9 nitrogen and oxygen atoms in total. The maximum Gasteiger partial charge on any atom is 0.317 e. The van der Waals surface area contributed by atoms with Crippen LogP contribution in [0.4, 0.5) is 4.79 Å². The summed E-state index contributed by atoms with van der Waals surface area (Å²) < 4.78 is 0. The third kappa shape index (κ3) is 12.7. The molecule has 1 aromatic rings. The number of amides is 4. The van der Waals surface area contributed by atoms with E-state index < -0.39 is 29.1 Å². The number of hydrogen-bond donors (Lipinski definition) is 5. The molecule has 0 aliphatic heterocycles. The Morgan fingerprint density at radius 1 is 0.974 bits per heavy atom. The fourth-order valence-electron chi connectivity index (χ4n) is 3.91. The zero-order valence-corrected chi connectivity index (χ0v) is 24.9. The van der Waals surface area contributed by atoms with E-state index in [1.807, 2.05) is 71.9 Å². The third-order valence-electron chi connectivity index (χ3n) is 6.01. The minimum absolute atomic E-state index is 0.0543. The van der Waals surface area contributed by atoms with Crippen molar-refractivity contribution in [3.05, 3.63) is 35.9 Å². The Kier molecular flexibility index (Phi) is 13.2. The van der Waals surface area contributed by atoms with Crippen LogP contribution in [0.1, 0.15) is 67.4 Å². The number of hydrogen-bond acceptors (Lipinski definition) is 5. The topological polar surface area (TPSA) is 123 Å². The number of likely N-dealkylation sites (N-methyl/N-ethyl adjacent to an activating group) is 1. The molecule has 5 N–H and O–H groups in total. The lowest BCUT2D eigenvalue weighted by Crippen LogP contribution is -2.60. The van der Waals surface area contributed by atoms with Crippen LogP contribution in [0.15, 0.2) is 30.3 Å². The van der Waals surface area contributed by atoms with Crippen LogP contribution in [-0.2, 0) is 16.0 Å². The summed E-state index contributed by atoms with van der Waals surface area (Å²) in [5.74, 6) is -0.290. The smallest absolute Gasteiger partial charge is 0.317 e. The van der Waals surface area contributed by atoms with Crippen molar-refractivity contribution in [3.8, 4) is 0 Å². The second-order valence-electron chi connectivity index (χ2n) is 12.6. The van der Waals surface area contributed by atoms with Crippen LogP contribution in [0.3, 0.4) is 0 Å². The molecule has 0 saturated heterocycles. The zero-order valence-electron chi connectivity index (χ0n) is 24.9. The highest BCUT2D eigenvalue weighted by atomic mass is 16.3. The minimum atomic E-state index is -1.04. The Labute approximate surface area is 229 Å². The molecule has 0 bridgehead atoms. The second-order valence-corrected chi connectivity index (χ2v) is 12.6. The summed E-state index contributed by atoms with van der Waals surface area (Å²) in [7, 11) is 1.67. The highest BCUT2D eigenvalue weighted by molar-refractivity contribution is 5.89. The molecule has 0 aromatic heterocycles. The molecule has 0 fully saturated rings. The van der Waals surface area contributed by atoms with Crippen molar-refractivity contribution < 1.29 is 19.5 Å². The van der Waals surface area contributed by atoms with Crippen LogP contribution < -0.4 is 21.3 Å². The molecule has 1 rings (SSSR count). The maximum absolute atomic E-state index is 13.5. The number of aliphatic hydroxyl groups excluding tert-OH is 1. The van der Waals surface area contributed by atoms with Gasteiger partial charge in [0.2, 0.25) is 11.8 Å². The van der Waals surface area contributed by atoms with Crippen molar-refractivity contribution in [2.75, 3.05) is 26.7 Å². The summed E-state index contributed by atoms with van der Waals surface area (Å²) in [6.45, 7) is 16.2. The number of benzene rings is 1. The van der Waals surface area contributed by atoms with E-state index in [-0.39, 0.29) is 30.9 Å². The molecule has 1 aromatic carbocycles. The molecule has 1 unspecified atom stereocenters. The normalized spacial score (nSPS) is 14.4. The van der Waals surface area contributed by atoms with E-state index in [1.165, 1.54) is 0 Å². The van der Waals surface area contributed by atoms with E-state index in [4.69, 9.17) is 0 Å². The first-order valence-electron chi connectivity index (χ1n) is 13.6. The number of rotatable bonds is 13. The molecule has 38 heavy (non-hydrogen) atoms. The quantitative estimate of drug-likeness (QED) is 0.267. The van der Waals surface area contributed by atoms with Crippen molar-refractivity contribution in [3.63, 3.8) is 0 Å². The van der Waals surface area contributed by atoms with Crippen LogP contribution in [0.5, 0.6) is 0 Å². The second kappa shape index (κ2) is 15.1. The Bertz CT molecular complexity index is 877. The number of nitrogens with one attached hydrogen (secondary N) is 4. The van der Waals surface area contributed by atoms with Gasteiger partial charge in [0.05, 0.1) is 25.2 Å². The van der Waals surface area contributed by atoms with Gasteiger partial charge in [0.1, 0.15) is 6.04 Å². The van der Waals surface area contributed by atoms with Crippen molar-refractivity contribution in [2.45, 2.75) is 92.0 Å². The molecule has 0 saturated carbocycles. The van der Waals surface area contributed by atoms with Gasteiger partial charge in [-0.3, -0.25) is 9.59 Å². The van der Waals surface area contributed by atoms with Crippen LogP contribution in [0.25, 0.3) is 0 Å². The van der Waals surface area contributed by atoms with Gasteiger partial charge in [0, 0.05) is 12.1 Å². The maximum atomic E-state index is 13.5. The summed E-state index contributed by atoms with van der Waals surface area (Å²) in [6.07, 6.45) is 0.114. The Morgan fingerprint density at radius 2 is 1.58 bits per heavy atom. The third-order valence-corrected chi connectivity index (χ3v) is 6.01. The Hall–Kier alpha value is -2.65. The number of carbonyl (C=O) groups excluding carboxylic acids is 3. The standard InChI is InChI=1S/C29H51N5O4/c1-20(2)15-16-34(27(38)33-29(6,7)8)19-23(35)22(17-21-13-11-10-12-14-21)31-26(37)25(28(3,4)5)32-24(36)18-30-9/h10-14,20,22-23,25,30,35H,15-19H2,1-9H3,(H,31,37)(H,32,36)(H,33,38)/t22-,23+,25?/m0/s1. The fraction of sp³-hybridized carbons (Fsp3) is 0.690. The van der Waals surface area contributed by atoms with Gasteiger partial charge in [0.15, 0.2) is 0 Å². The first-order chi connectivity index (χ1) is 17.5. The van der Waals surface area contributed by atoms with E-state index in [9.17, 15) is 19.5 Å². The molecule has 0 heterocycles. The summed E-state index contributed by atoms with van der Waals surface area (Å²) in [5.41, 5.74) is -0.0522. The van der Waals surface area contributed by atoms with Gasteiger partial charge in [-0.15, -0.1) is 0 Å². The highest BCUT2D eigenvalue weighted by Gasteiger charge is 2.35. The van der Waals surface area contributed by atoms with Gasteiger partial charge in [-0.1, -0.05) is 65.0 Å². The Balaban J connectivity index is 3.22. The van der Waals surface area contributed by atoms with Crippen molar-refractivity contribution in [2.24, 2.45) is 11.3 Å². The Morgan fingerprint density at radius 3 is 2.08 bits per heavy atom. The van der Waals surface area contributed by atoms with E-state index in [0.29, 0.717) is 18.9 Å². The molecule has 9 heteroatoms. The molecular formula is C29H51N5O4. The van der Waals surface area contributed by atoms with Gasteiger partial charge in [-0.25, -0.2) is 4.79 Å². The molecule has 4 amide bonds. The molecule has 0 aliphatic rings. The summed E-state index contributed by atoms with van der Waals surface area (Å²) in [6, 6.07) is 7.84. The predicted octanol–water partition coefficient (Wildman–Crippen LogP) is 2.68. The average molecular weight is 534 g/mol. The lowest BCUT2D eigenvalue weighted by Gasteiger charge is -2.35. The first kappa shape index (κ1) is 33.4. The van der Waals surface area contributed by atoms with Crippen LogP contribution >= 0.6 is 0 Å². The van der Waals surface area contributed by atoms with Crippen LogP contribution in [0.2, 0.25) is 0 Å². The molecule has 0 aliphatic carbocycles. The van der Waals surface area contributed by atoms with Gasteiger partial charge in [-0.2, -0.15) is 0 Å². The average Bonchev–Trinajstić information content (AvgIpc) is 2.78. The van der Waals surface area contributed by atoms with Crippen molar-refractivity contribution >= 4 is 17.8 Å². The summed E-state index contributed by atoms with van der Waals surface area (Å²) in [4.78, 5) is 40.5. The summed E-state index contributed by atoms with van der Waals surface area (Å²) in [5, 5.41) is 23.0. The molecular weight excluding hydrogens is 482 g/mol. The number of nitrogens with zero attached hydrogens (tertiary/aromatic N) is 1. The molecule has 3 atom stereocenters. The van der Waals surface area contributed by atoms with E-state index in [2.05, 4.69) is 35.1 Å². The van der Waals surface area contributed by atoms with Gasteiger partial charge in [-0.05, 0) is 57.6 Å². The minimum Gasteiger partial charge on any atom is -0.389 e. The largest absolute Gasteiger partial charge is 0.389 e. The highest BCUT2D eigenvalue weighted by Crippen LogP contribution is 2.20.